The van der Waals surface area contributed by atoms with Crippen LogP contribution in [0, 0.1) is 12.8 Å². The van der Waals surface area contributed by atoms with E-state index in [9.17, 15) is 9.90 Å². The molecule has 0 spiro atoms. The third-order valence-electron chi connectivity index (χ3n) is 3.72. The van der Waals surface area contributed by atoms with Gasteiger partial charge in [-0.15, -0.1) is 11.8 Å². The zero-order chi connectivity index (χ0) is 14.4. The van der Waals surface area contributed by atoms with Crippen LogP contribution < -0.4 is 5.32 Å². The average Bonchev–Trinajstić information content (AvgIpc) is 2.85. The molecule has 1 aromatic rings. The van der Waals surface area contributed by atoms with Crippen LogP contribution in [-0.2, 0) is 10.5 Å². The Hall–Kier alpha value is -1.00. The second-order valence-electron chi connectivity index (χ2n) is 5.62. The fraction of sp³-hybridized carbons (Fsp3) is 0.562. The normalized spacial score (nSPS) is 21.9. The summed E-state index contributed by atoms with van der Waals surface area (Å²) in [4.78, 5) is 11.7. The molecule has 0 aliphatic heterocycles. The summed E-state index contributed by atoms with van der Waals surface area (Å²) in [6, 6.07) is 8.42. The van der Waals surface area contributed by atoms with Crippen molar-refractivity contribution >= 4 is 17.7 Å². The van der Waals surface area contributed by atoms with Crippen LogP contribution in [0.5, 0.6) is 0 Å². The van der Waals surface area contributed by atoms with Gasteiger partial charge in [0.2, 0.25) is 5.91 Å². The molecule has 0 aromatic heterocycles. The van der Waals surface area contributed by atoms with Crippen molar-refractivity contribution in [1.29, 1.82) is 0 Å². The summed E-state index contributed by atoms with van der Waals surface area (Å²) in [6.07, 6.45) is 2.57. The predicted octanol–water partition coefficient (Wildman–Crippen LogP) is 2.51. The number of benzene rings is 1. The van der Waals surface area contributed by atoms with E-state index in [1.807, 2.05) is 0 Å². The summed E-state index contributed by atoms with van der Waals surface area (Å²) < 4.78 is 0. The molecule has 0 bridgehead atoms. The molecule has 1 fully saturated rings. The van der Waals surface area contributed by atoms with Gasteiger partial charge in [0.1, 0.15) is 0 Å². The summed E-state index contributed by atoms with van der Waals surface area (Å²) >= 11 is 1.64. The molecule has 20 heavy (non-hydrogen) atoms. The van der Waals surface area contributed by atoms with Crippen LogP contribution in [0.1, 0.15) is 30.4 Å². The predicted molar refractivity (Wildman–Crippen MR) is 83.7 cm³/mol. The second-order valence-corrected chi connectivity index (χ2v) is 6.60. The Morgan fingerprint density at radius 3 is 2.75 bits per heavy atom. The molecule has 1 saturated carbocycles. The van der Waals surface area contributed by atoms with E-state index in [1.54, 1.807) is 11.8 Å². The van der Waals surface area contributed by atoms with E-state index in [2.05, 4.69) is 36.5 Å². The zero-order valence-electron chi connectivity index (χ0n) is 12.0. The largest absolute Gasteiger partial charge is 0.393 e. The fourth-order valence-electron chi connectivity index (χ4n) is 2.49. The SMILES string of the molecule is Cc1ccc(CSCC(=O)NCC2CCC(O)C2)cc1. The smallest absolute Gasteiger partial charge is 0.230 e. The van der Waals surface area contributed by atoms with E-state index < -0.39 is 0 Å². The molecular weight excluding hydrogens is 270 g/mol. The summed E-state index contributed by atoms with van der Waals surface area (Å²) in [5.74, 6) is 1.93. The van der Waals surface area contributed by atoms with Crippen molar-refractivity contribution in [1.82, 2.24) is 5.32 Å². The fourth-order valence-corrected chi connectivity index (χ4v) is 3.31. The van der Waals surface area contributed by atoms with Gasteiger partial charge >= 0.3 is 0 Å². The van der Waals surface area contributed by atoms with Crippen molar-refractivity contribution in [3.8, 4) is 0 Å². The number of carbonyl (C=O) groups is 1. The van der Waals surface area contributed by atoms with Gasteiger partial charge < -0.3 is 10.4 Å². The Morgan fingerprint density at radius 2 is 2.10 bits per heavy atom. The van der Waals surface area contributed by atoms with Gasteiger partial charge in [0.05, 0.1) is 11.9 Å². The highest BCUT2D eigenvalue weighted by Gasteiger charge is 2.22. The van der Waals surface area contributed by atoms with Gasteiger partial charge in [-0.1, -0.05) is 29.8 Å². The first-order chi connectivity index (χ1) is 9.63. The minimum Gasteiger partial charge on any atom is -0.393 e. The Bertz CT molecular complexity index is 433. The summed E-state index contributed by atoms with van der Waals surface area (Å²) in [6.45, 7) is 2.78. The van der Waals surface area contributed by atoms with Crippen LogP contribution in [0.15, 0.2) is 24.3 Å². The Morgan fingerprint density at radius 1 is 1.35 bits per heavy atom. The van der Waals surface area contributed by atoms with E-state index in [0.29, 0.717) is 18.2 Å². The van der Waals surface area contributed by atoms with Gasteiger partial charge in [0.25, 0.3) is 0 Å². The quantitative estimate of drug-likeness (QED) is 0.847. The van der Waals surface area contributed by atoms with Gasteiger partial charge in [-0.25, -0.2) is 0 Å². The first-order valence-corrected chi connectivity index (χ1v) is 8.37. The minimum absolute atomic E-state index is 0.100. The molecule has 1 aliphatic rings. The van der Waals surface area contributed by atoms with E-state index in [1.165, 1.54) is 11.1 Å². The van der Waals surface area contributed by atoms with Crippen LogP contribution >= 0.6 is 11.8 Å². The lowest BCUT2D eigenvalue weighted by molar-refractivity contribution is -0.118. The highest BCUT2D eigenvalue weighted by atomic mass is 32.2. The summed E-state index contributed by atoms with van der Waals surface area (Å²) in [7, 11) is 0. The number of nitrogens with one attached hydrogen (secondary N) is 1. The van der Waals surface area contributed by atoms with Crippen molar-refractivity contribution in [3.63, 3.8) is 0 Å². The molecule has 110 valence electrons. The standard InChI is InChI=1S/C16H23NO2S/c1-12-2-4-13(5-3-12)10-20-11-16(19)17-9-14-6-7-15(18)8-14/h2-5,14-15,18H,6-11H2,1H3,(H,17,19). The summed E-state index contributed by atoms with van der Waals surface area (Å²) in [5, 5.41) is 12.4. The van der Waals surface area contributed by atoms with Crippen LogP contribution in [0.25, 0.3) is 0 Å². The maximum atomic E-state index is 11.7. The Kier molecular flexibility index (Phi) is 5.92. The number of hydrogen-bond donors (Lipinski definition) is 2. The number of hydrogen-bond acceptors (Lipinski definition) is 3. The van der Waals surface area contributed by atoms with Gasteiger partial charge in [0, 0.05) is 12.3 Å². The van der Waals surface area contributed by atoms with E-state index in [4.69, 9.17) is 0 Å². The van der Waals surface area contributed by atoms with Crippen molar-refractivity contribution in [2.75, 3.05) is 12.3 Å². The molecule has 0 saturated heterocycles. The molecule has 1 amide bonds. The Labute approximate surface area is 125 Å². The maximum absolute atomic E-state index is 11.7. The van der Waals surface area contributed by atoms with Crippen molar-refractivity contribution in [3.05, 3.63) is 35.4 Å². The highest BCUT2D eigenvalue weighted by Crippen LogP contribution is 2.24. The minimum atomic E-state index is -0.159. The molecule has 0 heterocycles. The van der Waals surface area contributed by atoms with Gasteiger partial charge in [0.15, 0.2) is 0 Å². The van der Waals surface area contributed by atoms with Gasteiger partial charge in [-0.3, -0.25) is 4.79 Å². The van der Waals surface area contributed by atoms with Crippen LogP contribution in [0.3, 0.4) is 0 Å². The van der Waals surface area contributed by atoms with Crippen LogP contribution in [0.2, 0.25) is 0 Å². The molecule has 2 N–H and O–H groups in total. The molecular formula is C16H23NO2S. The summed E-state index contributed by atoms with van der Waals surface area (Å²) in [5.41, 5.74) is 2.52. The second kappa shape index (κ2) is 7.70. The highest BCUT2D eigenvalue weighted by molar-refractivity contribution is 7.99. The first kappa shape index (κ1) is 15.4. The van der Waals surface area contributed by atoms with Crippen molar-refractivity contribution < 1.29 is 9.90 Å². The lowest BCUT2D eigenvalue weighted by Gasteiger charge is -2.10. The average molecular weight is 293 g/mol. The lowest BCUT2D eigenvalue weighted by Crippen LogP contribution is -2.30. The van der Waals surface area contributed by atoms with Crippen LogP contribution in [0.4, 0.5) is 0 Å². The molecule has 3 nitrogen and oxygen atoms in total. The number of aryl methyl sites for hydroxylation is 1. The molecule has 1 aliphatic carbocycles. The number of carbonyl (C=O) groups excluding carboxylic acids is 1. The first-order valence-electron chi connectivity index (χ1n) is 7.21. The van der Waals surface area contributed by atoms with E-state index >= 15 is 0 Å². The van der Waals surface area contributed by atoms with E-state index in [0.717, 1.165) is 25.0 Å². The Balaban J connectivity index is 1.59. The maximum Gasteiger partial charge on any atom is 0.230 e. The van der Waals surface area contributed by atoms with Crippen molar-refractivity contribution in [2.24, 2.45) is 5.92 Å². The third-order valence-corrected chi connectivity index (χ3v) is 4.73. The number of aliphatic hydroxyl groups excluding tert-OH is 1. The third kappa shape index (κ3) is 5.17. The van der Waals surface area contributed by atoms with Crippen molar-refractivity contribution in [2.45, 2.75) is 38.0 Å². The number of aliphatic hydroxyl groups is 1. The number of amides is 1. The molecule has 2 rings (SSSR count). The number of thioether (sulfide) groups is 1. The topological polar surface area (TPSA) is 49.3 Å². The van der Waals surface area contributed by atoms with Crippen LogP contribution in [-0.4, -0.2) is 29.4 Å². The lowest BCUT2D eigenvalue weighted by atomic mass is 10.1. The van der Waals surface area contributed by atoms with E-state index in [-0.39, 0.29) is 12.0 Å². The number of rotatable bonds is 6. The molecule has 4 heteroatoms. The van der Waals surface area contributed by atoms with Gasteiger partial charge in [-0.05, 0) is 37.7 Å². The molecule has 2 atom stereocenters. The zero-order valence-corrected chi connectivity index (χ0v) is 12.8. The molecule has 0 radical (unpaired) electrons. The van der Waals surface area contributed by atoms with Gasteiger partial charge in [-0.2, -0.15) is 0 Å². The molecule has 2 unspecified atom stereocenters. The molecule has 1 aromatic carbocycles. The monoisotopic (exact) mass is 293 g/mol.